The van der Waals surface area contributed by atoms with E-state index >= 15 is 0 Å². The van der Waals surface area contributed by atoms with Crippen LogP contribution < -0.4 is 0 Å². The number of methoxy groups -OCH3 is 1. The first kappa shape index (κ1) is 11.3. The summed E-state index contributed by atoms with van der Waals surface area (Å²) in [5.41, 5.74) is 0.505. The number of nitrogens with zero attached hydrogens (tertiary/aromatic N) is 1. The first-order valence-corrected chi connectivity index (χ1v) is 5.71. The van der Waals surface area contributed by atoms with Crippen LogP contribution in [0.3, 0.4) is 0 Å². The molecule has 0 aliphatic carbocycles. The molecule has 88 valence electrons. The minimum absolute atomic E-state index is 0.341. The molecule has 4 heteroatoms. The highest BCUT2D eigenvalue weighted by atomic mass is 16.5. The summed E-state index contributed by atoms with van der Waals surface area (Å²) >= 11 is 0. The van der Waals surface area contributed by atoms with Gasteiger partial charge in [0.25, 0.3) is 0 Å². The van der Waals surface area contributed by atoms with Crippen molar-refractivity contribution in [3.63, 3.8) is 0 Å². The minimum Gasteiger partial charge on any atom is -0.389 e. The van der Waals surface area contributed by atoms with Crippen molar-refractivity contribution >= 4 is 0 Å². The first-order chi connectivity index (χ1) is 7.24. The summed E-state index contributed by atoms with van der Waals surface area (Å²) in [6.07, 6.45) is 2.03. The lowest BCUT2D eigenvalue weighted by molar-refractivity contribution is -0.0958. The maximum absolute atomic E-state index is 9.58. The second-order valence-electron chi connectivity index (χ2n) is 4.89. The van der Waals surface area contributed by atoms with Crippen LogP contribution in [0, 0.1) is 5.41 Å². The van der Waals surface area contributed by atoms with Gasteiger partial charge < -0.3 is 14.6 Å². The van der Waals surface area contributed by atoms with E-state index in [-0.39, 0.29) is 6.10 Å². The summed E-state index contributed by atoms with van der Waals surface area (Å²) in [7, 11) is 1.62. The first-order valence-electron chi connectivity index (χ1n) is 5.71. The third kappa shape index (κ3) is 2.69. The number of ether oxygens (including phenoxy) is 2. The number of aliphatic hydroxyl groups is 1. The zero-order valence-electron chi connectivity index (χ0n) is 9.45. The zero-order valence-corrected chi connectivity index (χ0v) is 9.45. The van der Waals surface area contributed by atoms with Crippen LogP contribution in [-0.2, 0) is 9.47 Å². The monoisotopic (exact) mass is 215 g/mol. The van der Waals surface area contributed by atoms with E-state index in [0.717, 1.165) is 32.8 Å². The van der Waals surface area contributed by atoms with Gasteiger partial charge in [-0.1, -0.05) is 0 Å². The normalized spacial score (nSPS) is 27.6. The Hall–Kier alpha value is -0.160. The molecular weight excluding hydrogens is 194 g/mol. The largest absolute Gasteiger partial charge is 0.389 e. The Morgan fingerprint density at radius 2 is 2.07 bits per heavy atom. The van der Waals surface area contributed by atoms with Gasteiger partial charge in [0.05, 0.1) is 12.7 Å². The number of hydrogen-bond acceptors (Lipinski definition) is 4. The molecule has 1 atom stereocenters. The molecule has 4 nitrogen and oxygen atoms in total. The molecule has 1 spiro atoms. The van der Waals surface area contributed by atoms with Crippen LogP contribution in [0.15, 0.2) is 0 Å². The predicted octanol–water partition coefficient (Wildman–Crippen LogP) is 0.106. The molecule has 0 aromatic heterocycles. The minimum atomic E-state index is -0.341. The van der Waals surface area contributed by atoms with Crippen molar-refractivity contribution in [3.05, 3.63) is 0 Å². The molecule has 0 aromatic carbocycles. The van der Waals surface area contributed by atoms with Gasteiger partial charge in [-0.25, -0.2) is 0 Å². The van der Waals surface area contributed by atoms with Crippen LogP contribution in [0.1, 0.15) is 12.8 Å². The average Bonchev–Trinajstić information content (AvgIpc) is 2.17. The van der Waals surface area contributed by atoms with Crippen LogP contribution in [0.5, 0.6) is 0 Å². The van der Waals surface area contributed by atoms with E-state index in [9.17, 15) is 5.11 Å². The van der Waals surface area contributed by atoms with Crippen molar-refractivity contribution in [1.29, 1.82) is 0 Å². The summed E-state index contributed by atoms with van der Waals surface area (Å²) in [4.78, 5) is 2.31. The lowest BCUT2D eigenvalue weighted by Crippen LogP contribution is -2.60. The lowest BCUT2D eigenvalue weighted by Gasteiger charge is -2.52. The fourth-order valence-corrected chi connectivity index (χ4v) is 2.70. The Morgan fingerprint density at radius 1 is 1.40 bits per heavy atom. The van der Waals surface area contributed by atoms with E-state index < -0.39 is 0 Å². The number of likely N-dealkylation sites (tertiary alicyclic amines) is 1. The molecule has 2 aliphatic heterocycles. The highest BCUT2D eigenvalue weighted by Crippen LogP contribution is 2.39. The zero-order chi connectivity index (χ0) is 10.7. The van der Waals surface area contributed by atoms with E-state index in [0.29, 0.717) is 12.0 Å². The third-order valence-electron chi connectivity index (χ3n) is 3.50. The maximum Gasteiger partial charge on any atom is 0.0900 e. The van der Waals surface area contributed by atoms with Crippen LogP contribution in [0.25, 0.3) is 0 Å². The molecule has 0 bridgehead atoms. The van der Waals surface area contributed by atoms with Gasteiger partial charge in [0.2, 0.25) is 0 Å². The Balaban J connectivity index is 1.68. The van der Waals surface area contributed by atoms with E-state index in [1.807, 2.05) is 0 Å². The van der Waals surface area contributed by atoms with Crippen molar-refractivity contribution in [1.82, 2.24) is 4.90 Å². The molecule has 0 radical (unpaired) electrons. The van der Waals surface area contributed by atoms with E-state index in [2.05, 4.69) is 4.90 Å². The highest BCUT2D eigenvalue weighted by Gasteiger charge is 2.43. The summed E-state index contributed by atoms with van der Waals surface area (Å²) < 4.78 is 10.3. The smallest absolute Gasteiger partial charge is 0.0900 e. The van der Waals surface area contributed by atoms with Gasteiger partial charge in [-0.3, -0.25) is 4.90 Å². The topological polar surface area (TPSA) is 41.9 Å². The quantitative estimate of drug-likeness (QED) is 0.722. The predicted molar refractivity (Wildman–Crippen MR) is 56.8 cm³/mol. The fourth-order valence-electron chi connectivity index (χ4n) is 2.70. The maximum atomic E-state index is 9.58. The molecule has 2 heterocycles. The number of β-amino-alcohol motifs (C(OH)–C–C–N with tert-alkyl or cyclic N) is 1. The van der Waals surface area contributed by atoms with Crippen LogP contribution in [-0.4, -0.2) is 62.7 Å². The van der Waals surface area contributed by atoms with Crippen molar-refractivity contribution in [2.24, 2.45) is 5.41 Å². The van der Waals surface area contributed by atoms with Crippen LogP contribution in [0.4, 0.5) is 0 Å². The van der Waals surface area contributed by atoms with Gasteiger partial charge in [0.15, 0.2) is 0 Å². The molecule has 2 fully saturated rings. The third-order valence-corrected chi connectivity index (χ3v) is 3.50. The SMILES string of the molecule is COCC(O)CN1CC2(CCOCC2)C1. The fraction of sp³-hybridized carbons (Fsp3) is 1.00. The molecular formula is C11H21NO3. The molecule has 2 rings (SSSR count). The molecule has 0 aromatic rings. The molecule has 1 unspecified atom stereocenters. The summed E-state index contributed by atoms with van der Waals surface area (Å²) in [5, 5.41) is 9.58. The van der Waals surface area contributed by atoms with E-state index in [4.69, 9.17) is 9.47 Å². The van der Waals surface area contributed by atoms with Crippen molar-refractivity contribution in [2.45, 2.75) is 18.9 Å². The van der Waals surface area contributed by atoms with Crippen molar-refractivity contribution < 1.29 is 14.6 Å². The van der Waals surface area contributed by atoms with Gasteiger partial charge in [0, 0.05) is 45.4 Å². The number of rotatable bonds is 4. The van der Waals surface area contributed by atoms with Gasteiger partial charge >= 0.3 is 0 Å². The van der Waals surface area contributed by atoms with Crippen molar-refractivity contribution in [3.8, 4) is 0 Å². The standard InChI is InChI=1S/C11H21NO3/c1-14-7-10(13)6-12-8-11(9-12)2-4-15-5-3-11/h10,13H,2-9H2,1H3. The Labute approximate surface area is 91.2 Å². The molecule has 1 N–H and O–H groups in total. The summed E-state index contributed by atoms with van der Waals surface area (Å²) in [6, 6.07) is 0. The van der Waals surface area contributed by atoms with E-state index in [1.54, 1.807) is 7.11 Å². The van der Waals surface area contributed by atoms with E-state index in [1.165, 1.54) is 12.8 Å². The van der Waals surface area contributed by atoms with Gasteiger partial charge in [-0.2, -0.15) is 0 Å². The average molecular weight is 215 g/mol. The molecule has 0 saturated carbocycles. The van der Waals surface area contributed by atoms with Gasteiger partial charge in [-0.05, 0) is 12.8 Å². The Bertz CT molecular complexity index is 196. The van der Waals surface area contributed by atoms with Crippen LogP contribution >= 0.6 is 0 Å². The Morgan fingerprint density at radius 3 is 2.67 bits per heavy atom. The van der Waals surface area contributed by atoms with Crippen LogP contribution in [0.2, 0.25) is 0 Å². The highest BCUT2D eigenvalue weighted by molar-refractivity contribution is 4.96. The molecule has 2 saturated heterocycles. The molecule has 2 aliphatic rings. The Kier molecular flexibility index (Phi) is 3.61. The summed E-state index contributed by atoms with van der Waals surface area (Å²) in [5.74, 6) is 0. The molecule has 15 heavy (non-hydrogen) atoms. The summed E-state index contributed by atoms with van der Waals surface area (Å²) in [6.45, 7) is 5.25. The van der Waals surface area contributed by atoms with Crippen molar-refractivity contribution in [2.75, 3.05) is 46.6 Å². The molecule has 0 amide bonds. The lowest BCUT2D eigenvalue weighted by atomic mass is 9.73. The second-order valence-corrected chi connectivity index (χ2v) is 4.89. The second kappa shape index (κ2) is 4.78. The number of aliphatic hydroxyl groups excluding tert-OH is 1. The number of hydrogen-bond donors (Lipinski definition) is 1. The van der Waals surface area contributed by atoms with Gasteiger partial charge in [-0.15, -0.1) is 0 Å². The van der Waals surface area contributed by atoms with Gasteiger partial charge in [0.1, 0.15) is 0 Å².